The highest BCUT2D eigenvalue weighted by Crippen LogP contribution is 2.46. The van der Waals surface area contributed by atoms with Crippen LogP contribution in [0.4, 0.5) is 4.79 Å². The lowest BCUT2D eigenvalue weighted by Gasteiger charge is -2.50. The number of carboxylic acid groups (broad SMARTS) is 1. The summed E-state index contributed by atoms with van der Waals surface area (Å²) in [6.45, 7) is 8.72. The zero-order valence-electron chi connectivity index (χ0n) is 19.3. The number of likely N-dealkylation sites (tertiary alicyclic amines) is 1. The Bertz CT molecular complexity index is 1190. The Morgan fingerprint density at radius 1 is 1.27 bits per heavy atom. The van der Waals surface area contributed by atoms with Crippen LogP contribution in [0.25, 0.3) is 17.0 Å². The molecule has 2 fully saturated rings. The summed E-state index contributed by atoms with van der Waals surface area (Å²) < 4.78 is 2.05. The maximum absolute atomic E-state index is 12.2. The van der Waals surface area contributed by atoms with Gasteiger partial charge < -0.3 is 5.11 Å². The summed E-state index contributed by atoms with van der Waals surface area (Å²) in [5.41, 5.74) is 2.63. The van der Waals surface area contributed by atoms with Crippen LogP contribution in [0.15, 0.2) is 42.7 Å². The number of aromatic nitrogens is 3. The standard InChI is InChI=1S/C25H30ClN5O2/c1-24(2,3)15-25-10-9-19(31(25)23(32)33)13-29(16-25)14-20-21(17-5-7-18(26)8-6-17)28-22-27-11-4-12-30(20)22/h4-8,11-12,19H,9-10,13-16H2,1-3H3,(H,32,33). The monoisotopic (exact) mass is 467 g/mol. The topological polar surface area (TPSA) is 74.0 Å². The highest BCUT2D eigenvalue weighted by molar-refractivity contribution is 6.30. The molecule has 0 radical (unpaired) electrons. The number of piperazine rings is 1. The number of carbonyl (C=O) groups is 1. The van der Waals surface area contributed by atoms with Gasteiger partial charge in [0.2, 0.25) is 5.78 Å². The molecule has 8 heteroatoms. The number of amides is 1. The normalized spacial score (nSPS) is 23.4. The number of nitrogens with zero attached hydrogens (tertiary/aromatic N) is 5. The van der Waals surface area contributed by atoms with Gasteiger partial charge in [0.15, 0.2) is 0 Å². The van der Waals surface area contributed by atoms with Crippen molar-refractivity contribution in [3.05, 3.63) is 53.4 Å². The zero-order chi connectivity index (χ0) is 23.4. The van der Waals surface area contributed by atoms with Crippen molar-refractivity contribution in [2.45, 2.75) is 58.2 Å². The molecule has 7 nitrogen and oxygen atoms in total. The molecule has 0 spiro atoms. The number of rotatable bonds is 4. The van der Waals surface area contributed by atoms with E-state index in [0.29, 0.717) is 17.3 Å². The van der Waals surface area contributed by atoms with Gasteiger partial charge in [-0.3, -0.25) is 14.2 Å². The van der Waals surface area contributed by atoms with Gasteiger partial charge in [-0.25, -0.2) is 14.8 Å². The second kappa shape index (κ2) is 7.99. The molecule has 1 N–H and O–H groups in total. The number of benzene rings is 1. The predicted octanol–water partition coefficient (Wildman–Crippen LogP) is 5.18. The average molecular weight is 468 g/mol. The highest BCUT2D eigenvalue weighted by Gasteiger charge is 2.54. The molecular weight excluding hydrogens is 438 g/mol. The number of halogens is 1. The molecule has 0 aliphatic carbocycles. The van der Waals surface area contributed by atoms with E-state index in [0.717, 1.165) is 49.3 Å². The molecule has 5 rings (SSSR count). The first-order chi connectivity index (χ1) is 15.7. The van der Waals surface area contributed by atoms with Gasteiger partial charge in [-0.1, -0.05) is 44.5 Å². The summed E-state index contributed by atoms with van der Waals surface area (Å²) in [5.74, 6) is 0.661. The summed E-state index contributed by atoms with van der Waals surface area (Å²) in [6, 6.07) is 9.67. The number of fused-ring (bicyclic) bond motifs is 3. The van der Waals surface area contributed by atoms with Crippen molar-refractivity contribution in [2.75, 3.05) is 13.1 Å². The number of hydrogen-bond donors (Lipinski definition) is 1. The molecule has 174 valence electrons. The molecule has 2 saturated heterocycles. The Labute approximate surface area is 199 Å². The van der Waals surface area contributed by atoms with Gasteiger partial charge in [-0.05, 0) is 42.9 Å². The molecule has 2 atom stereocenters. The Hall–Kier alpha value is -2.64. The third-order valence-electron chi connectivity index (χ3n) is 6.87. The van der Waals surface area contributed by atoms with Gasteiger partial charge in [0, 0.05) is 48.7 Å². The van der Waals surface area contributed by atoms with Crippen molar-refractivity contribution in [2.24, 2.45) is 5.41 Å². The van der Waals surface area contributed by atoms with Crippen molar-refractivity contribution in [3.8, 4) is 11.3 Å². The van der Waals surface area contributed by atoms with Gasteiger partial charge in [0.1, 0.15) is 0 Å². The van der Waals surface area contributed by atoms with Crippen LogP contribution in [-0.2, 0) is 6.54 Å². The maximum atomic E-state index is 12.2. The fourth-order valence-corrected chi connectivity index (χ4v) is 6.14. The van der Waals surface area contributed by atoms with Crippen molar-refractivity contribution < 1.29 is 9.90 Å². The van der Waals surface area contributed by atoms with Gasteiger partial charge in [0.05, 0.1) is 16.9 Å². The van der Waals surface area contributed by atoms with Crippen LogP contribution in [0.3, 0.4) is 0 Å². The Kier molecular flexibility index (Phi) is 5.37. The van der Waals surface area contributed by atoms with Crippen LogP contribution in [0.5, 0.6) is 0 Å². The second-order valence-electron chi connectivity index (χ2n) is 10.7. The lowest BCUT2D eigenvalue weighted by atomic mass is 9.77. The summed E-state index contributed by atoms with van der Waals surface area (Å²) >= 11 is 6.12. The van der Waals surface area contributed by atoms with Crippen molar-refractivity contribution in [3.63, 3.8) is 0 Å². The van der Waals surface area contributed by atoms with E-state index in [4.69, 9.17) is 16.6 Å². The second-order valence-corrected chi connectivity index (χ2v) is 11.1. The van der Waals surface area contributed by atoms with Gasteiger partial charge in [-0.15, -0.1) is 0 Å². The van der Waals surface area contributed by atoms with Gasteiger partial charge in [0.25, 0.3) is 0 Å². The van der Waals surface area contributed by atoms with Crippen LogP contribution in [0, 0.1) is 5.41 Å². The van der Waals surface area contributed by atoms with E-state index in [9.17, 15) is 9.90 Å². The number of imidazole rings is 1. The average Bonchev–Trinajstić information content (AvgIpc) is 3.20. The summed E-state index contributed by atoms with van der Waals surface area (Å²) in [4.78, 5) is 25.7. The van der Waals surface area contributed by atoms with Crippen LogP contribution >= 0.6 is 11.6 Å². The van der Waals surface area contributed by atoms with Crippen molar-refractivity contribution in [1.29, 1.82) is 0 Å². The van der Waals surface area contributed by atoms with Crippen LogP contribution in [0.1, 0.15) is 45.7 Å². The molecule has 33 heavy (non-hydrogen) atoms. The van der Waals surface area contributed by atoms with E-state index in [2.05, 4.69) is 30.7 Å². The first-order valence-electron chi connectivity index (χ1n) is 11.5. The van der Waals surface area contributed by atoms with E-state index < -0.39 is 6.09 Å². The third kappa shape index (κ3) is 4.08. The first-order valence-corrected chi connectivity index (χ1v) is 11.9. The molecule has 2 aromatic heterocycles. The van der Waals surface area contributed by atoms with E-state index >= 15 is 0 Å². The van der Waals surface area contributed by atoms with Crippen molar-refractivity contribution >= 4 is 23.5 Å². The van der Waals surface area contributed by atoms with Crippen LogP contribution < -0.4 is 0 Å². The number of hydrogen-bond acceptors (Lipinski definition) is 4. The molecule has 3 aromatic rings. The lowest BCUT2D eigenvalue weighted by molar-refractivity contribution is -0.0131. The molecule has 1 aromatic carbocycles. The lowest BCUT2D eigenvalue weighted by Crippen LogP contribution is -2.63. The summed E-state index contributed by atoms with van der Waals surface area (Å²) in [6.07, 6.45) is 5.63. The van der Waals surface area contributed by atoms with E-state index in [1.165, 1.54) is 0 Å². The predicted molar refractivity (Wildman–Crippen MR) is 128 cm³/mol. The largest absolute Gasteiger partial charge is 0.465 e. The van der Waals surface area contributed by atoms with Crippen LogP contribution in [-0.4, -0.2) is 60.0 Å². The summed E-state index contributed by atoms with van der Waals surface area (Å²) in [7, 11) is 0. The fraction of sp³-hybridized carbons (Fsp3) is 0.480. The third-order valence-corrected chi connectivity index (χ3v) is 7.12. The Morgan fingerprint density at radius 2 is 2.03 bits per heavy atom. The summed E-state index contributed by atoms with van der Waals surface area (Å²) in [5, 5.41) is 10.7. The minimum absolute atomic E-state index is 0.0230. The van der Waals surface area contributed by atoms with Crippen molar-refractivity contribution in [1.82, 2.24) is 24.2 Å². The van der Waals surface area contributed by atoms with Gasteiger partial charge >= 0.3 is 6.09 Å². The first kappa shape index (κ1) is 22.2. The molecule has 2 aliphatic rings. The van der Waals surface area contributed by atoms with E-state index in [-0.39, 0.29) is 17.0 Å². The Morgan fingerprint density at radius 3 is 2.73 bits per heavy atom. The smallest absolute Gasteiger partial charge is 0.408 e. The minimum atomic E-state index is -0.790. The molecule has 1 amide bonds. The quantitative estimate of drug-likeness (QED) is 0.572. The van der Waals surface area contributed by atoms with Crippen LogP contribution in [0.2, 0.25) is 5.02 Å². The zero-order valence-corrected chi connectivity index (χ0v) is 20.1. The molecule has 2 bridgehead atoms. The molecular formula is C25H30ClN5O2. The highest BCUT2D eigenvalue weighted by atomic mass is 35.5. The van der Waals surface area contributed by atoms with E-state index in [1.807, 2.05) is 40.9 Å². The Balaban J connectivity index is 1.52. The molecule has 2 aliphatic heterocycles. The SMILES string of the molecule is CC(C)(C)CC12CCC(CN(Cc3c(-c4ccc(Cl)cc4)nc4ncccn34)C1)N2C(=O)O. The van der Waals surface area contributed by atoms with Gasteiger partial charge in [-0.2, -0.15) is 0 Å². The molecule has 2 unspecified atom stereocenters. The fourth-order valence-electron chi connectivity index (χ4n) is 6.01. The maximum Gasteiger partial charge on any atom is 0.408 e. The van der Waals surface area contributed by atoms with E-state index in [1.54, 1.807) is 11.1 Å². The minimum Gasteiger partial charge on any atom is -0.465 e. The molecule has 4 heterocycles. The molecule has 0 saturated carbocycles.